The van der Waals surface area contributed by atoms with E-state index in [1.807, 2.05) is 24.0 Å². The van der Waals surface area contributed by atoms with Crippen molar-refractivity contribution < 1.29 is 4.79 Å². The summed E-state index contributed by atoms with van der Waals surface area (Å²) in [5.41, 5.74) is 1.11. The van der Waals surface area contributed by atoms with Crippen LogP contribution in [0.2, 0.25) is 10.0 Å². The Morgan fingerprint density at radius 3 is 2.74 bits per heavy atom. The number of carbonyl (C=O) groups excluding carboxylic acids is 1. The van der Waals surface area contributed by atoms with Crippen LogP contribution in [0.4, 0.5) is 0 Å². The molecule has 0 spiro atoms. The van der Waals surface area contributed by atoms with Crippen molar-refractivity contribution in [3.8, 4) is 0 Å². The third kappa shape index (κ3) is 8.87. The second kappa shape index (κ2) is 13.4. The van der Waals surface area contributed by atoms with E-state index >= 15 is 0 Å². The van der Waals surface area contributed by atoms with Crippen LogP contribution < -0.4 is 10.6 Å². The average Bonchev–Trinajstić information content (AvgIpc) is 3.02. The molecule has 8 heteroatoms. The second-order valence-electron chi connectivity index (χ2n) is 6.36. The highest BCUT2D eigenvalue weighted by Gasteiger charge is 2.18. The van der Waals surface area contributed by atoms with Gasteiger partial charge in [-0.1, -0.05) is 29.3 Å². The van der Waals surface area contributed by atoms with Crippen molar-refractivity contribution in [3.05, 3.63) is 33.8 Å². The number of guanidine groups is 1. The molecule has 0 bridgehead atoms. The molecule has 152 valence electrons. The molecule has 1 aliphatic rings. The summed E-state index contributed by atoms with van der Waals surface area (Å²) in [5.74, 6) is 1.10. The number of nitrogens with one attached hydrogen (secondary N) is 2. The van der Waals surface area contributed by atoms with Crippen LogP contribution in [0.15, 0.2) is 23.2 Å². The number of amides is 1. The van der Waals surface area contributed by atoms with E-state index in [4.69, 9.17) is 23.2 Å². The first-order valence-electron chi connectivity index (χ1n) is 9.34. The minimum atomic E-state index is 0. The molecular weight excluding hydrogens is 498 g/mol. The largest absolute Gasteiger partial charge is 0.357 e. The van der Waals surface area contributed by atoms with E-state index in [0.29, 0.717) is 18.0 Å². The number of halogens is 3. The molecule has 1 saturated heterocycles. The molecule has 2 N–H and O–H groups in total. The molecule has 1 fully saturated rings. The molecule has 1 aliphatic heterocycles. The summed E-state index contributed by atoms with van der Waals surface area (Å²) in [7, 11) is 0. The Kier molecular flexibility index (Phi) is 12.1. The van der Waals surface area contributed by atoms with Gasteiger partial charge in [-0.2, -0.15) is 0 Å². The van der Waals surface area contributed by atoms with E-state index in [-0.39, 0.29) is 29.9 Å². The zero-order chi connectivity index (χ0) is 18.8. The van der Waals surface area contributed by atoms with Crippen LogP contribution in [-0.4, -0.2) is 49.5 Å². The molecule has 5 nitrogen and oxygen atoms in total. The molecule has 1 amide bonds. The van der Waals surface area contributed by atoms with Gasteiger partial charge in [-0.15, -0.1) is 24.0 Å². The predicted molar refractivity (Wildman–Crippen MR) is 125 cm³/mol. The van der Waals surface area contributed by atoms with Crippen LogP contribution in [0.25, 0.3) is 0 Å². The first-order valence-corrected chi connectivity index (χ1v) is 10.1. The van der Waals surface area contributed by atoms with E-state index < -0.39 is 0 Å². The quantitative estimate of drug-likeness (QED) is 0.220. The Bertz CT molecular complexity index is 628. The van der Waals surface area contributed by atoms with E-state index in [2.05, 4.69) is 15.6 Å². The SMILES string of the molecule is CCNC(=NCCCN1CCCC1=O)NCCCc1ccc(Cl)cc1Cl.I. The molecule has 0 saturated carbocycles. The molecule has 0 aromatic heterocycles. The van der Waals surface area contributed by atoms with Crippen molar-refractivity contribution in [3.63, 3.8) is 0 Å². The lowest BCUT2D eigenvalue weighted by Gasteiger charge is -2.15. The van der Waals surface area contributed by atoms with Crippen molar-refractivity contribution in [2.75, 3.05) is 32.7 Å². The monoisotopic (exact) mass is 526 g/mol. The first kappa shape index (κ1) is 24.3. The van der Waals surface area contributed by atoms with Gasteiger partial charge in [0.05, 0.1) is 0 Å². The Hall–Kier alpha value is -0.730. The molecule has 0 aliphatic carbocycles. The number of hydrogen-bond acceptors (Lipinski definition) is 2. The number of hydrogen-bond donors (Lipinski definition) is 2. The summed E-state index contributed by atoms with van der Waals surface area (Å²) in [6, 6.07) is 5.62. The maximum atomic E-state index is 11.6. The lowest BCUT2D eigenvalue weighted by molar-refractivity contribution is -0.127. The van der Waals surface area contributed by atoms with Gasteiger partial charge < -0.3 is 15.5 Å². The van der Waals surface area contributed by atoms with Crippen LogP contribution >= 0.6 is 47.2 Å². The van der Waals surface area contributed by atoms with E-state index in [0.717, 1.165) is 68.4 Å². The van der Waals surface area contributed by atoms with Crippen LogP contribution in [0.3, 0.4) is 0 Å². The minimum absolute atomic E-state index is 0. The highest BCUT2D eigenvalue weighted by atomic mass is 127. The third-order valence-corrected chi connectivity index (χ3v) is 4.89. The number of aryl methyl sites for hydroxylation is 1. The van der Waals surface area contributed by atoms with Gasteiger partial charge in [0.1, 0.15) is 0 Å². The molecule has 1 heterocycles. The van der Waals surface area contributed by atoms with Crippen LogP contribution in [-0.2, 0) is 11.2 Å². The third-order valence-electron chi connectivity index (χ3n) is 4.30. The Morgan fingerprint density at radius 1 is 1.26 bits per heavy atom. The molecule has 1 aromatic carbocycles. The van der Waals surface area contributed by atoms with Crippen molar-refractivity contribution in [1.82, 2.24) is 15.5 Å². The zero-order valence-corrected chi connectivity index (χ0v) is 19.6. The minimum Gasteiger partial charge on any atom is -0.357 e. The van der Waals surface area contributed by atoms with Crippen molar-refractivity contribution in [2.45, 2.75) is 39.0 Å². The van der Waals surface area contributed by atoms with E-state index in [9.17, 15) is 4.79 Å². The van der Waals surface area contributed by atoms with Gasteiger partial charge in [0.2, 0.25) is 5.91 Å². The molecule has 27 heavy (non-hydrogen) atoms. The summed E-state index contributed by atoms with van der Waals surface area (Å²) < 4.78 is 0. The number of carbonyl (C=O) groups is 1. The lowest BCUT2D eigenvalue weighted by atomic mass is 10.1. The summed E-state index contributed by atoms with van der Waals surface area (Å²) in [4.78, 5) is 18.1. The molecule has 1 aromatic rings. The standard InChI is InChI=1S/C19H28Cl2N4O.HI/c1-2-22-19(24-11-5-13-25-12-4-7-18(25)26)23-10-3-6-15-8-9-16(20)14-17(15)21;/h8-9,14H,2-7,10-13H2,1H3,(H2,22,23,24);1H. The van der Waals surface area contributed by atoms with Gasteiger partial charge in [-0.3, -0.25) is 9.79 Å². The zero-order valence-electron chi connectivity index (χ0n) is 15.8. The predicted octanol–water partition coefficient (Wildman–Crippen LogP) is 4.11. The van der Waals surface area contributed by atoms with Gasteiger partial charge >= 0.3 is 0 Å². The maximum Gasteiger partial charge on any atom is 0.222 e. The Balaban J connectivity index is 0.00000364. The van der Waals surface area contributed by atoms with Crippen molar-refractivity contribution in [2.24, 2.45) is 4.99 Å². The van der Waals surface area contributed by atoms with Crippen molar-refractivity contribution >= 4 is 59.0 Å². The van der Waals surface area contributed by atoms with Gasteiger partial charge in [0, 0.05) is 49.2 Å². The number of rotatable bonds is 9. The number of nitrogens with zero attached hydrogens (tertiary/aromatic N) is 2. The smallest absolute Gasteiger partial charge is 0.222 e. The van der Waals surface area contributed by atoms with Gasteiger partial charge in [0.25, 0.3) is 0 Å². The molecular formula is C19H29Cl2IN4O. The van der Waals surface area contributed by atoms with Gasteiger partial charge in [-0.05, 0) is 50.3 Å². The second-order valence-corrected chi connectivity index (χ2v) is 7.21. The molecule has 0 radical (unpaired) electrons. The lowest BCUT2D eigenvalue weighted by Crippen LogP contribution is -2.38. The Labute approximate surface area is 189 Å². The summed E-state index contributed by atoms with van der Waals surface area (Å²) >= 11 is 12.1. The van der Waals surface area contributed by atoms with Gasteiger partial charge in [0.15, 0.2) is 5.96 Å². The topological polar surface area (TPSA) is 56.7 Å². The maximum absolute atomic E-state index is 11.6. The van der Waals surface area contributed by atoms with Gasteiger partial charge in [-0.25, -0.2) is 0 Å². The fourth-order valence-corrected chi connectivity index (χ4v) is 3.45. The summed E-state index contributed by atoms with van der Waals surface area (Å²) in [6.45, 7) is 6.09. The normalized spacial score (nSPS) is 14.3. The number of likely N-dealkylation sites (tertiary alicyclic amines) is 1. The molecule has 2 rings (SSSR count). The van der Waals surface area contributed by atoms with E-state index in [1.165, 1.54) is 0 Å². The summed E-state index contributed by atoms with van der Waals surface area (Å²) in [6.07, 6.45) is 4.42. The highest BCUT2D eigenvalue weighted by Crippen LogP contribution is 2.21. The fourth-order valence-electron chi connectivity index (χ4n) is 2.94. The van der Waals surface area contributed by atoms with Crippen LogP contribution in [0.5, 0.6) is 0 Å². The summed E-state index contributed by atoms with van der Waals surface area (Å²) in [5, 5.41) is 7.98. The average molecular weight is 527 g/mol. The highest BCUT2D eigenvalue weighted by molar-refractivity contribution is 14.0. The van der Waals surface area contributed by atoms with E-state index in [1.54, 1.807) is 6.07 Å². The molecule has 0 unspecified atom stereocenters. The van der Waals surface area contributed by atoms with Crippen molar-refractivity contribution in [1.29, 1.82) is 0 Å². The van der Waals surface area contributed by atoms with Crippen LogP contribution in [0.1, 0.15) is 38.2 Å². The fraction of sp³-hybridized carbons (Fsp3) is 0.579. The number of aliphatic imine (C=N–C) groups is 1. The van der Waals surface area contributed by atoms with Crippen LogP contribution in [0, 0.1) is 0 Å². The Morgan fingerprint density at radius 2 is 2.07 bits per heavy atom. The number of benzene rings is 1. The molecule has 0 atom stereocenters. The first-order chi connectivity index (χ1) is 12.6.